The first-order valence-corrected chi connectivity index (χ1v) is 19.0. The second kappa shape index (κ2) is 15.6. The molecule has 1 atom stereocenters. The number of hydrogen-bond donors (Lipinski definition) is 0. The van der Waals surface area contributed by atoms with E-state index in [0.29, 0.717) is 11.3 Å². The monoisotopic (exact) mass is 786 g/mol. The van der Waals surface area contributed by atoms with E-state index in [1.807, 2.05) is 0 Å². The maximum absolute atomic E-state index is 3.65. The van der Waals surface area contributed by atoms with Crippen molar-refractivity contribution < 1.29 is 49.0 Å². The van der Waals surface area contributed by atoms with E-state index in [-0.39, 0.29) is 35.6 Å². The first-order chi connectivity index (χ1) is 23.0. The zero-order chi connectivity index (χ0) is 35.3. The van der Waals surface area contributed by atoms with Crippen molar-refractivity contribution in [1.82, 2.24) is 0 Å². The van der Waals surface area contributed by atoms with Gasteiger partial charge in [0.05, 0.1) is 0 Å². The average Bonchev–Trinajstić information content (AvgIpc) is 3.77. The standard InChI is InChI=1S/C25H25.C13H10.C10H15.2ClH.Zr/c1-14-12-24(3,4)22-8-16-7-17-9-23-19(15(2)13-25(23,5)6)11-21(17)20(16)10-18(14)22;1-3-7-12(8-4-1)11-13-9-5-2-6-10-13;1-8-5-6-9(7-8)10(2,3)4;;;/h8-12H,7H2,1-6H3;1-10H;6-8H,1-4H3;2*1H;/q-1;;-1;;;+2/p-2. The number of rotatable bonds is 2. The van der Waals surface area contributed by atoms with Gasteiger partial charge in [-0.3, -0.25) is 12.2 Å². The Labute approximate surface area is 335 Å². The topological polar surface area (TPSA) is 0 Å². The van der Waals surface area contributed by atoms with Gasteiger partial charge in [-0.2, -0.15) is 17.2 Å². The normalized spacial score (nSPS) is 17.7. The molecule has 0 fully saturated rings. The van der Waals surface area contributed by atoms with Gasteiger partial charge in [-0.05, 0) is 58.4 Å². The quantitative estimate of drug-likeness (QED) is 0.187. The van der Waals surface area contributed by atoms with Crippen molar-refractivity contribution >= 4 is 14.4 Å². The number of benzene rings is 4. The molecule has 4 aromatic carbocycles. The molecule has 0 saturated carbocycles. The fraction of sp³-hybridized carbons (Fsp3) is 0.312. The summed E-state index contributed by atoms with van der Waals surface area (Å²) in [6, 6.07) is 30.9. The van der Waals surface area contributed by atoms with Gasteiger partial charge in [0, 0.05) is 5.41 Å². The zero-order valence-corrected chi connectivity index (χ0v) is 35.8. The molecule has 0 heterocycles. The summed E-state index contributed by atoms with van der Waals surface area (Å²) in [7, 11) is 0. The maximum atomic E-state index is 3.65. The van der Waals surface area contributed by atoms with E-state index in [2.05, 4.69) is 185 Å². The van der Waals surface area contributed by atoms with Crippen LogP contribution < -0.4 is 24.8 Å². The molecule has 4 aliphatic carbocycles. The van der Waals surface area contributed by atoms with Crippen molar-refractivity contribution in [2.75, 3.05) is 0 Å². The molecule has 0 amide bonds. The minimum absolute atomic E-state index is 0. The third kappa shape index (κ3) is 8.54. The molecule has 0 aromatic heterocycles. The van der Waals surface area contributed by atoms with Crippen molar-refractivity contribution in [2.45, 2.75) is 86.5 Å². The van der Waals surface area contributed by atoms with Crippen molar-refractivity contribution in [2.24, 2.45) is 11.3 Å². The third-order valence-electron chi connectivity index (χ3n) is 10.4. The molecule has 262 valence electrons. The first kappa shape index (κ1) is 40.9. The van der Waals surface area contributed by atoms with Crippen LogP contribution >= 0.6 is 0 Å². The Balaban J connectivity index is 0.000000191. The van der Waals surface area contributed by atoms with E-state index in [4.69, 9.17) is 0 Å². The molecule has 8 rings (SSSR count). The Kier molecular flexibility index (Phi) is 12.6. The molecule has 4 aromatic rings. The molecule has 0 saturated heterocycles. The Morgan fingerprint density at radius 3 is 1.71 bits per heavy atom. The van der Waals surface area contributed by atoms with Crippen molar-refractivity contribution in [1.29, 1.82) is 0 Å². The molecule has 0 aliphatic heterocycles. The van der Waals surface area contributed by atoms with E-state index in [1.54, 1.807) is 0 Å². The van der Waals surface area contributed by atoms with Gasteiger partial charge in [0.1, 0.15) is 0 Å². The van der Waals surface area contributed by atoms with E-state index in [9.17, 15) is 0 Å². The van der Waals surface area contributed by atoms with Gasteiger partial charge in [-0.25, -0.2) is 11.6 Å². The molecule has 3 heteroatoms. The molecule has 0 nitrogen and oxygen atoms in total. The van der Waals surface area contributed by atoms with Gasteiger partial charge in [0.25, 0.3) is 0 Å². The van der Waals surface area contributed by atoms with E-state index < -0.39 is 0 Å². The van der Waals surface area contributed by atoms with E-state index in [0.717, 1.165) is 6.42 Å². The van der Waals surface area contributed by atoms with Gasteiger partial charge in [-0.15, -0.1) is 11.6 Å². The van der Waals surface area contributed by atoms with Gasteiger partial charge in [0.2, 0.25) is 0 Å². The van der Waals surface area contributed by atoms with E-state index in [1.165, 1.54) is 99.8 Å². The van der Waals surface area contributed by atoms with Crippen LogP contribution in [0.3, 0.4) is 0 Å². The summed E-state index contributed by atoms with van der Waals surface area (Å²) in [6.07, 6.45) is 14.8. The summed E-state index contributed by atoms with van der Waals surface area (Å²) in [5, 5.41) is 0. The number of allylic oxidation sites excluding steroid dienone is 8. The van der Waals surface area contributed by atoms with Crippen LogP contribution in [0.25, 0.3) is 22.3 Å². The van der Waals surface area contributed by atoms with Gasteiger partial charge < -0.3 is 24.8 Å². The summed E-state index contributed by atoms with van der Waals surface area (Å²) in [5.41, 5.74) is 18.9. The summed E-state index contributed by atoms with van der Waals surface area (Å²) in [5.74, 6) is 0.522. The zero-order valence-electron chi connectivity index (χ0n) is 31.9. The van der Waals surface area contributed by atoms with Crippen LogP contribution in [0.15, 0.2) is 109 Å². The van der Waals surface area contributed by atoms with Crippen LogP contribution in [-0.4, -0.2) is 3.21 Å². The number of hydrogen-bond acceptors (Lipinski definition) is 0. The van der Waals surface area contributed by atoms with Crippen LogP contribution in [-0.2, 0) is 41.5 Å². The number of halogens is 2. The predicted octanol–water partition coefficient (Wildman–Crippen LogP) is 6.23. The molecule has 0 N–H and O–H groups in total. The molecule has 1 unspecified atom stereocenters. The minimum atomic E-state index is 0. The molecule has 0 bridgehead atoms. The summed E-state index contributed by atoms with van der Waals surface area (Å²) >= 11 is 1.46. The Morgan fingerprint density at radius 2 is 1.24 bits per heavy atom. The van der Waals surface area contributed by atoms with Gasteiger partial charge in [0.15, 0.2) is 0 Å². The molecule has 0 radical (unpaired) electrons. The average molecular weight is 789 g/mol. The Hall–Kier alpha value is -2.83. The van der Waals surface area contributed by atoms with Gasteiger partial charge >= 0.3 is 99.2 Å². The van der Waals surface area contributed by atoms with Crippen LogP contribution in [0, 0.1) is 23.5 Å². The van der Waals surface area contributed by atoms with Crippen molar-refractivity contribution in [3.63, 3.8) is 0 Å². The second-order valence-corrected chi connectivity index (χ2v) is 17.5. The van der Waals surface area contributed by atoms with E-state index >= 15 is 0 Å². The first-order valence-electron chi connectivity index (χ1n) is 17.7. The van der Waals surface area contributed by atoms with Crippen LogP contribution in [0.2, 0.25) is 0 Å². The molecule has 4 aliphatic rings. The molecular formula is C48H50Cl2Zr-2. The Morgan fingerprint density at radius 1 is 0.725 bits per heavy atom. The summed E-state index contributed by atoms with van der Waals surface area (Å²) in [4.78, 5) is 0. The predicted molar refractivity (Wildman–Crippen MR) is 207 cm³/mol. The van der Waals surface area contributed by atoms with Crippen LogP contribution in [0.1, 0.15) is 114 Å². The van der Waals surface area contributed by atoms with Crippen molar-refractivity contribution in [3.8, 4) is 11.1 Å². The fourth-order valence-corrected chi connectivity index (χ4v) is 8.52. The third-order valence-corrected chi connectivity index (χ3v) is 11.8. The van der Waals surface area contributed by atoms with Crippen molar-refractivity contribution in [3.05, 3.63) is 165 Å². The molecule has 51 heavy (non-hydrogen) atoms. The van der Waals surface area contributed by atoms with Crippen LogP contribution in [0.4, 0.5) is 0 Å². The molecular weight excluding hydrogens is 739 g/mol. The second-order valence-electron chi connectivity index (χ2n) is 16.3. The number of fused-ring (bicyclic) bond motifs is 5. The fourth-order valence-electron chi connectivity index (χ4n) is 7.70. The van der Waals surface area contributed by atoms with Gasteiger partial charge in [-0.1, -0.05) is 97.3 Å². The summed E-state index contributed by atoms with van der Waals surface area (Å²) in [6.45, 7) is 22.5. The Bertz CT molecular complexity index is 1920. The summed E-state index contributed by atoms with van der Waals surface area (Å²) < 4.78 is 1.42. The SMILES string of the molecule is CC1=[C-]C(C)(C)c2cc3c(cc21)-c1cc2c(cc1C3)C(C)(C)C=C2C.CC1[C-]=CC(C(C)(C)C)=C1.[Cl-].[Cl-].[Zr+2]=[C](c1ccccc1)c1ccccc1. The van der Waals surface area contributed by atoms with Crippen LogP contribution in [0.5, 0.6) is 0 Å². The molecule has 0 spiro atoms.